The number of nitrogens with one attached hydrogen (secondary N) is 2. The summed E-state index contributed by atoms with van der Waals surface area (Å²) in [6, 6.07) is 11.4. The molecule has 0 radical (unpaired) electrons. The molecule has 1 aromatic heterocycles. The Kier molecular flexibility index (Phi) is 5.78. The van der Waals surface area contributed by atoms with E-state index in [-0.39, 0.29) is 17.5 Å². The Hall–Kier alpha value is -1.83. The molecular weight excluding hydrogens is 429 g/mol. The molecule has 0 aliphatic heterocycles. The second-order valence-electron chi connectivity index (χ2n) is 5.07. The fourth-order valence-corrected chi connectivity index (χ4v) is 3.43. The van der Waals surface area contributed by atoms with Gasteiger partial charge in [0.05, 0.1) is 28.4 Å². The summed E-state index contributed by atoms with van der Waals surface area (Å²) in [5, 5.41) is 3.83. The van der Waals surface area contributed by atoms with Crippen molar-refractivity contribution >= 4 is 50.9 Å². The highest BCUT2D eigenvalue weighted by molar-refractivity contribution is 9.10. The van der Waals surface area contributed by atoms with Crippen molar-refractivity contribution in [3.63, 3.8) is 0 Å². The number of nitrogens with zero attached hydrogens (tertiary/aromatic N) is 1. The third kappa shape index (κ3) is 4.84. The number of aromatic amines is 1. The van der Waals surface area contributed by atoms with Crippen LogP contribution in [-0.2, 0) is 4.79 Å². The van der Waals surface area contributed by atoms with Crippen LogP contribution in [0.1, 0.15) is 0 Å². The van der Waals surface area contributed by atoms with E-state index >= 15 is 0 Å². The van der Waals surface area contributed by atoms with Crippen LogP contribution in [0.15, 0.2) is 58.3 Å². The Balaban J connectivity index is 1.58. The summed E-state index contributed by atoms with van der Waals surface area (Å²) < 4.78 is 13.8. The molecule has 3 aromatic rings. The zero-order valence-electron chi connectivity index (χ0n) is 12.7. The van der Waals surface area contributed by atoms with E-state index in [2.05, 4.69) is 31.2 Å². The summed E-state index contributed by atoms with van der Waals surface area (Å²) in [5.74, 6) is -0.293. The molecule has 0 saturated heterocycles. The van der Waals surface area contributed by atoms with E-state index in [0.717, 1.165) is 15.7 Å². The summed E-state index contributed by atoms with van der Waals surface area (Å²) in [5.41, 5.74) is 2.15. The maximum Gasteiger partial charge on any atom is 0.234 e. The van der Waals surface area contributed by atoms with Gasteiger partial charge in [-0.2, -0.15) is 0 Å². The largest absolute Gasteiger partial charge is 0.333 e. The van der Waals surface area contributed by atoms with Gasteiger partial charge in [0.25, 0.3) is 0 Å². The SMILES string of the molecule is O=C(CSc1ncc(-c2ccc(F)cc2)[nH]1)Nc1ccc(Br)cc1Cl. The number of hydrogen-bond acceptors (Lipinski definition) is 3. The standard InChI is InChI=1S/C17H12BrClFN3OS/c18-11-3-6-14(13(19)7-11)22-16(24)9-25-17-21-8-15(23-17)10-1-4-12(20)5-2-10/h1-8H,9H2,(H,21,23)(H,22,24). The average molecular weight is 441 g/mol. The molecule has 0 aliphatic rings. The molecule has 1 heterocycles. The number of benzene rings is 2. The van der Waals surface area contributed by atoms with E-state index in [9.17, 15) is 9.18 Å². The monoisotopic (exact) mass is 439 g/mol. The van der Waals surface area contributed by atoms with Gasteiger partial charge in [0.1, 0.15) is 5.82 Å². The van der Waals surface area contributed by atoms with E-state index in [4.69, 9.17) is 11.6 Å². The van der Waals surface area contributed by atoms with Crippen LogP contribution in [0.3, 0.4) is 0 Å². The smallest absolute Gasteiger partial charge is 0.234 e. The minimum atomic E-state index is -0.291. The van der Waals surface area contributed by atoms with Gasteiger partial charge in [0.15, 0.2) is 5.16 Å². The third-order valence-corrected chi connectivity index (χ3v) is 4.95. The Morgan fingerprint density at radius 3 is 2.76 bits per heavy atom. The first-order valence-corrected chi connectivity index (χ1v) is 9.35. The Bertz CT molecular complexity index is 901. The molecule has 0 atom stereocenters. The highest BCUT2D eigenvalue weighted by atomic mass is 79.9. The van der Waals surface area contributed by atoms with Crippen LogP contribution in [0.4, 0.5) is 10.1 Å². The normalized spacial score (nSPS) is 10.7. The molecule has 0 spiro atoms. The molecule has 8 heteroatoms. The highest BCUT2D eigenvalue weighted by Crippen LogP contribution is 2.26. The fraction of sp³-hybridized carbons (Fsp3) is 0.0588. The number of carbonyl (C=O) groups is 1. The molecule has 1 amide bonds. The fourth-order valence-electron chi connectivity index (χ4n) is 2.06. The molecule has 0 fully saturated rings. The van der Waals surface area contributed by atoms with E-state index < -0.39 is 0 Å². The van der Waals surface area contributed by atoms with E-state index in [1.54, 1.807) is 36.5 Å². The maximum atomic E-state index is 13.0. The number of thioether (sulfide) groups is 1. The lowest BCUT2D eigenvalue weighted by Gasteiger charge is -2.06. The van der Waals surface area contributed by atoms with Crippen LogP contribution in [0.25, 0.3) is 11.3 Å². The number of H-pyrrole nitrogens is 1. The van der Waals surface area contributed by atoms with Crippen molar-refractivity contribution in [1.82, 2.24) is 9.97 Å². The van der Waals surface area contributed by atoms with Gasteiger partial charge in [-0.05, 0) is 48.0 Å². The highest BCUT2D eigenvalue weighted by Gasteiger charge is 2.09. The van der Waals surface area contributed by atoms with Crippen LogP contribution < -0.4 is 5.32 Å². The van der Waals surface area contributed by atoms with Crippen LogP contribution in [0.5, 0.6) is 0 Å². The first-order valence-electron chi connectivity index (χ1n) is 7.20. The van der Waals surface area contributed by atoms with Gasteiger partial charge in [0.2, 0.25) is 5.91 Å². The van der Waals surface area contributed by atoms with Crippen LogP contribution in [-0.4, -0.2) is 21.6 Å². The number of rotatable bonds is 5. The van der Waals surface area contributed by atoms with E-state index in [0.29, 0.717) is 15.9 Å². The van der Waals surface area contributed by atoms with Crippen molar-refractivity contribution < 1.29 is 9.18 Å². The molecular formula is C17H12BrClFN3OS. The summed E-state index contributed by atoms with van der Waals surface area (Å²) in [4.78, 5) is 19.4. The molecule has 0 unspecified atom stereocenters. The molecule has 4 nitrogen and oxygen atoms in total. The molecule has 2 aromatic carbocycles. The molecule has 128 valence electrons. The zero-order chi connectivity index (χ0) is 17.8. The van der Waals surface area contributed by atoms with Gasteiger partial charge < -0.3 is 10.3 Å². The predicted molar refractivity (Wildman–Crippen MR) is 102 cm³/mol. The Labute approximate surface area is 161 Å². The van der Waals surface area contributed by atoms with Crippen molar-refractivity contribution in [2.75, 3.05) is 11.1 Å². The van der Waals surface area contributed by atoms with Gasteiger partial charge in [0, 0.05) is 4.47 Å². The number of hydrogen-bond donors (Lipinski definition) is 2. The van der Waals surface area contributed by atoms with Crippen LogP contribution >= 0.6 is 39.3 Å². The summed E-state index contributed by atoms with van der Waals surface area (Å²) in [6.45, 7) is 0. The quantitative estimate of drug-likeness (QED) is 0.525. The number of halogens is 3. The first-order chi connectivity index (χ1) is 12.0. The summed E-state index contributed by atoms with van der Waals surface area (Å²) in [7, 11) is 0. The number of aromatic nitrogens is 2. The third-order valence-electron chi connectivity index (χ3n) is 3.25. The van der Waals surface area contributed by atoms with Gasteiger partial charge >= 0.3 is 0 Å². The Morgan fingerprint density at radius 2 is 2.04 bits per heavy atom. The van der Waals surface area contributed by atoms with Gasteiger partial charge in [-0.1, -0.05) is 39.3 Å². The molecule has 0 saturated carbocycles. The molecule has 2 N–H and O–H groups in total. The second kappa shape index (κ2) is 8.03. The molecule has 3 rings (SSSR count). The summed E-state index contributed by atoms with van der Waals surface area (Å²) >= 11 is 10.7. The zero-order valence-corrected chi connectivity index (χ0v) is 15.9. The topological polar surface area (TPSA) is 57.8 Å². The maximum absolute atomic E-state index is 13.0. The summed E-state index contributed by atoms with van der Waals surface area (Å²) in [6.07, 6.45) is 1.65. The number of imidazole rings is 1. The minimum absolute atomic E-state index is 0.183. The lowest BCUT2D eigenvalue weighted by atomic mass is 10.2. The Morgan fingerprint density at radius 1 is 1.28 bits per heavy atom. The minimum Gasteiger partial charge on any atom is -0.333 e. The lowest BCUT2D eigenvalue weighted by molar-refractivity contribution is -0.113. The number of carbonyl (C=O) groups excluding carboxylic acids is 1. The van der Waals surface area contributed by atoms with Crippen LogP contribution in [0, 0.1) is 5.82 Å². The first kappa shape index (κ1) is 18.0. The van der Waals surface area contributed by atoms with Gasteiger partial charge in [-0.3, -0.25) is 4.79 Å². The number of anilines is 1. The molecule has 0 aliphatic carbocycles. The van der Waals surface area contributed by atoms with Crippen LogP contribution in [0.2, 0.25) is 5.02 Å². The van der Waals surface area contributed by atoms with E-state index in [1.807, 2.05) is 0 Å². The average Bonchev–Trinajstić information content (AvgIpc) is 3.05. The van der Waals surface area contributed by atoms with Gasteiger partial charge in [-0.25, -0.2) is 9.37 Å². The van der Waals surface area contributed by atoms with E-state index in [1.165, 1.54) is 23.9 Å². The van der Waals surface area contributed by atoms with Crippen molar-refractivity contribution in [2.24, 2.45) is 0 Å². The lowest BCUT2D eigenvalue weighted by Crippen LogP contribution is -2.14. The van der Waals surface area contributed by atoms with Crippen molar-refractivity contribution in [2.45, 2.75) is 5.16 Å². The van der Waals surface area contributed by atoms with Crippen molar-refractivity contribution in [3.8, 4) is 11.3 Å². The second-order valence-corrected chi connectivity index (χ2v) is 7.36. The van der Waals surface area contributed by atoms with Gasteiger partial charge in [-0.15, -0.1) is 0 Å². The predicted octanol–water partition coefficient (Wildman–Crippen LogP) is 5.36. The molecule has 25 heavy (non-hydrogen) atoms. The molecule has 0 bridgehead atoms. The van der Waals surface area contributed by atoms with Crippen molar-refractivity contribution in [3.05, 3.63) is 64.0 Å². The van der Waals surface area contributed by atoms with Crippen molar-refractivity contribution in [1.29, 1.82) is 0 Å². The number of amides is 1.